The van der Waals surface area contributed by atoms with Gasteiger partial charge >= 0.3 is 12.0 Å². The number of carboxylic acid groups (broad SMARTS) is 1. The van der Waals surface area contributed by atoms with Crippen molar-refractivity contribution >= 4 is 29.8 Å². The lowest BCUT2D eigenvalue weighted by Crippen LogP contribution is -2.24. The molecule has 1 heterocycles. The molecular weight excluding hydrogens is 298 g/mol. The predicted molar refractivity (Wildman–Crippen MR) is 76.4 cm³/mol. The summed E-state index contributed by atoms with van der Waals surface area (Å²) in [4.78, 5) is 21.4. The number of carbonyl (C=O) groups excluding carboxylic acids is 1. The molecular formula is C13H10ClN3O4. The Kier molecular flexibility index (Phi) is 4.24. The zero-order valence-electron chi connectivity index (χ0n) is 10.5. The highest BCUT2D eigenvalue weighted by Crippen LogP contribution is 2.30. The molecule has 0 unspecified atom stereocenters. The molecule has 2 aromatic rings. The van der Waals surface area contributed by atoms with E-state index in [-0.39, 0.29) is 5.56 Å². The minimum atomic E-state index is -1.06. The van der Waals surface area contributed by atoms with Gasteiger partial charge in [0.1, 0.15) is 11.5 Å². The first-order valence-corrected chi connectivity index (χ1v) is 6.06. The molecule has 0 fully saturated rings. The van der Waals surface area contributed by atoms with Gasteiger partial charge in [0, 0.05) is 5.56 Å². The summed E-state index contributed by atoms with van der Waals surface area (Å²) in [6, 6.07) is 6.69. The summed E-state index contributed by atoms with van der Waals surface area (Å²) in [7, 11) is 0. The van der Waals surface area contributed by atoms with Gasteiger partial charge in [-0.3, -0.25) is 0 Å². The predicted octanol–water partition coefficient (Wildman–Crippen LogP) is 2.30. The SMILES string of the molecule is NC(=O)NN=Cc1ccc(-c2cc(C(=O)O)ccc2Cl)o1. The van der Waals surface area contributed by atoms with Crippen molar-refractivity contribution in [2.45, 2.75) is 0 Å². The number of halogens is 1. The first kappa shape index (κ1) is 14.6. The number of nitrogens with zero attached hydrogens (tertiary/aromatic N) is 1. The third-order valence-corrected chi connectivity index (χ3v) is 2.80. The van der Waals surface area contributed by atoms with Crippen LogP contribution in [0.2, 0.25) is 5.02 Å². The molecule has 7 nitrogen and oxygen atoms in total. The number of rotatable bonds is 4. The summed E-state index contributed by atoms with van der Waals surface area (Å²) >= 11 is 6.03. The molecule has 2 rings (SSSR count). The summed E-state index contributed by atoms with van der Waals surface area (Å²) in [6.45, 7) is 0. The van der Waals surface area contributed by atoms with E-state index in [0.29, 0.717) is 22.1 Å². The second-order valence-corrected chi connectivity index (χ2v) is 4.34. The van der Waals surface area contributed by atoms with Crippen LogP contribution in [0.3, 0.4) is 0 Å². The van der Waals surface area contributed by atoms with Crippen molar-refractivity contribution in [3.05, 3.63) is 46.7 Å². The Bertz CT molecular complexity index is 724. The molecule has 0 bridgehead atoms. The van der Waals surface area contributed by atoms with Crippen molar-refractivity contribution in [3.63, 3.8) is 0 Å². The molecule has 1 aromatic heterocycles. The third kappa shape index (κ3) is 3.61. The van der Waals surface area contributed by atoms with Crippen LogP contribution >= 0.6 is 11.6 Å². The summed E-state index contributed by atoms with van der Waals surface area (Å²) in [5.41, 5.74) is 7.41. The Balaban J connectivity index is 2.29. The van der Waals surface area contributed by atoms with Crippen molar-refractivity contribution in [1.82, 2.24) is 5.43 Å². The minimum absolute atomic E-state index is 0.0939. The van der Waals surface area contributed by atoms with Gasteiger partial charge in [-0.25, -0.2) is 15.0 Å². The van der Waals surface area contributed by atoms with E-state index in [4.69, 9.17) is 26.9 Å². The zero-order chi connectivity index (χ0) is 15.4. The maximum absolute atomic E-state index is 11.0. The maximum Gasteiger partial charge on any atom is 0.335 e. The van der Waals surface area contributed by atoms with Crippen LogP contribution < -0.4 is 11.2 Å². The van der Waals surface area contributed by atoms with Crippen molar-refractivity contribution in [2.75, 3.05) is 0 Å². The van der Waals surface area contributed by atoms with Crippen LogP contribution in [0.5, 0.6) is 0 Å². The Hall–Kier alpha value is -2.80. The molecule has 4 N–H and O–H groups in total. The fourth-order valence-corrected chi connectivity index (χ4v) is 1.78. The van der Waals surface area contributed by atoms with Gasteiger partial charge in [0.2, 0.25) is 0 Å². The Morgan fingerprint density at radius 3 is 2.76 bits per heavy atom. The number of urea groups is 1. The van der Waals surface area contributed by atoms with Gasteiger partial charge in [-0.2, -0.15) is 5.10 Å². The number of nitrogens with two attached hydrogens (primary N) is 1. The van der Waals surface area contributed by atoms with Gasteiger partial charge in [0.05, 0.1) is 16.8 Å². The lowest BCUT2D eigenvalue weighted by Gasteiger charge is -2.02. The summed E-state index contributed by atoms with van der Waals surface area (Å²) in [5, 5.41) is 12.9. The zero-order valence-corrected chi connectivity index (χ0v) is 11.3. The molecule has 0 atom stereocenters. The standard InChI is InChI=1S/C13H10ClN3O4/c14-10-3-1-7(12(18)19)5-9(10)11-4-2-8(21-11)6-16-17-13(15)20/h1-6H,(H,18,19)(H3,15,17,20). The van der Waals surface area contributed by atoms with Crippen molar-refractivity contribution < 1.29 is 19.1 Å². The minimum Gasteiger partial charge on any atom is -0.478 e. The van der Waals surface area contributed by atoms with Crippen molar-refractivity contribution in [2.24, 2.45) is 10.8 Å². The first-order chi connectivity index (χ1) is 9.97. The number of carboxylic acids is 1. The fraction of sp³-hybridized carbons (Fsp3) is 0. The Morgan fingerprint density at radius 1 is 1.33 bits per heavy atom. The van der Waals surface area contributed by atoms with E-state index < -0.39 is 12.0 Å². The number of aromatic carboxylic acids is 1. The summed E-state index contributed by atoms with van der Waals surface area (Å²) in [6.07, 6.45) is 1.25. The highest BCUT2D eigenvalue weighted by Gasteiger charge is 2.12. The number of amides is 2. The van der Waals surface area contributed by atoms with Gasteiger partial charge in [-0.05, 0) is 30.3 Å². The number of furan rings is 1. The largest absolute Gasteiger partial charge is 0.478 e. The average Bonchev–Trinajstić information content (AvgIpc) is 2.87. The van der Waals surface area contributed by atoms with E-state index in [1.54, 1.807) is 12.1 Å². The highest BCUT2D eigenvalue weighted by atomic mass is 35.5. The molecule has 0 saturated carbocycles. The number of primary amides is 1. The molecule has 0 saturated heterocycles. The molecule has 8 heteroatoms. The summed E-state index contributed by atoms with van der Waals surface area (Å²) in [5.74, 6) is -0.342. The molecule has 1 aromatic carbocycles. The number of hydrazone groups is 1. The number of hydrogen-bond donors (Lipinski definition) is 3. The smallest absolute Gasteiger partial charge is 0.335 e. The lowest BCUT2D eigenvalue weighted by atomic mass is 10.1. The lowest BCUT2D eigenvalue weighted by molar-refractivity contribution is 0.0697. The van der Waals surface area contributed by atoms with E-state index in [1.807, 2.05) is 5.43 Å². The van der Waals surface area contributed by atoms with E-state index in [9.17, 15) is 9.59 Å². The van der Waals surface area contributed by atoms with Gasteiger partial charge in [0.25, 0.3) is 0 Å². The molecule has 108 valence electrons. The topological polar surface area (TPSA) is 118 Å². The van der Waals surface area contributed by atoms with E-state index in [2.05, 4.69) is 5.10 Å². The first-order valence-electron chi connectivity index (χ1n) is 5.69. The van der Waals surface area contributed by atoms with Crippen LogP contribution in [-0.4, -0.2) is 23.3 Å². The Morgan fingerprint density at radius 2 is 2.10 bits per heavy atom. The van der Waals surface area contributed by atoms with Gasteiger partial charge in [-0.15, -0.1) is 0 Å². The van der Waals surface area contributed by atoms with Gasteiger partial charge < -0.3 is 15.3 Å². The average molecular weight is 308 g/mol. The van der Waals surface area contributed by atoms with Crippen LogP contribution in [0.25, 0.3) is 11.3 Å². The molecule has 2 amide bonds. The third-order valence-electron chi connectivity index (χ3n) is 2.47. The van der Waals surface area contributed by atoms with Crippen LogP contribution in [0, 0.1) is 0 Å². The normalized spacial score (nSPS) is 10.7. The molecule has 0 aliphatic rings. The number of carbonyl (C=O) groups is 2. The second kappa shape index (κ2) is 6.10. The molecule has 0 radical (unpaired) electrons. The highest BCUT2D eigenvalue weighted by molar-refractivity contribution is 6.33. The number of benzene rings is 1. The molecule has 21 heavy (non-hydrogen) atoms. The Labute approximate surface area is 124 Å². The molecule has 0 spiro atoms. The maximum atomic E-state index is 11.0. The quantitative estimate of drug-likeness (QED) is 0.593. The number of hydrogen-bond acceptors (Lipinski definition) is 4. The van der Waals surface area contributed by atoms with Crippen molar-refractivity contribution in [3.8, 4) is 11.3 Å². The van der Waals surface area contributed by atoms with Crippen LogP contribution in [0.15, 0.2) is 39.9 Å². The molecule has 0 aliphatic heterocycles. The van der Waals surface area contributed by atoms with E-state index >= 15 is 0 Å². The number of nitrogens with one attached hydrogen (secondary N) is 1. The van der Waals surface area contributed by atoms with Crippen LogP contribution in [-0.2, 0) is 0 Å². The van der Waals surface area contributed by atoms with Crippen molar-refractivity contribution in [1.29, 1.82) is 0 Å². The monoisotopic (exact) mass is 307 g/mol. The fourth-order valence-electron chi connectivity index (χ4n) is 1.57. The van der Waals surface area contributed by atoms with Gasteiger partial charge in [0.15, 0.2) is 0 Å². The van der Waals surface area contributed by atoms with Gasteiger partial charge in [-0.1, -0.05) is 11.6 Å². The van der Waals surface area contributed by atoms with Crippen LogP contribution in [0.4, 0.5) is 4.79 Å². The van der Waals surface area contributed by atoms with E-state index in [0.717, 1.165) is 0 Å². The van der Waals surface area contributed by atoms with Crippen LogP contribution in [0.1, 0.15) is 16.1 Å². The van der Waals surface area contributed by atoms with E-state index in [1.165, 1.54) is 24.4 Å². The molecule has 0 aliphatic carbocycles. The summed E-state index contributed by atoms with van der Waals surface area (Å²) < 4.78 is 5.45. The second-order valence-electron chi connectivity index (χ2n) is 3.94.